The summed E-state index contributed by atoms with van der Waals surface area (Å²) in [5.41, 5.74) is 5.20. The monoisotopic (exact) mass is 507 g/mol. The van der Waals surface area contributed by atoms with Gasteiger partial charge in [-0.05, 0) is 93.0 Å². The van der Waals surface area contributed by atoms with E-state index in [0.29, 0.717) is 22.0 Å². The first-order valence-corrected chi connectivity index (χ1v) is 11.5. The number of hydrogen-bond acceptors (Lipinski definition) is 4. The molecule has 9 heteroatoms. The molecule has 0 bridgehead atoms. The molecule has 0 radical (unpaired) electrons. The first-order chi connectivity index (χ1) is 16.5. The van der Waals surface area contributed by atoms with Crippen LogP contribution in [0.25, 0.3) is 11.8 Å². The Bertz CT molecular complexity index is 1470. The Morgan fingerprint density at radius 2 is 1.71 bits per heavy atom. The number of nitrogens with zero attached hydrogens (tertiary/aromatic N) is 2. The normalized spacial score (nSPS) is 15.1. The van der Waals surface area contributed by atoms with E-state index in [1.54, 1.807) is 36.4 Å². The van der Waals surface area contributed by atoms with Crippen LogP contribution in [0.2, 0.25) is 5.02 Å². The summed E-state index contributed by atoms with van der Waals surface area (Å²) in [6.45, 7) is 7.46. The van der Waals surface area contributed by atoms with Crippen molar-refractivity contribution in [3.8, 4) is 5.69 Å². The number of aryl methyl sites for hydroxylation is 3. The van der Waals surface area contributed by atoms with E-state index in [2.05, 4.69) is 5.32 Å². The van der Waals surface area contributed by atoms with E-state index in [0.717, 1.165) is 22.5 Å². The fourth-order valence-electron chi connectivity index (χ4n) is 4.06. The Morgan fingerprint density at radius 3 is 2.37 bits per heavy atom. The second-order valence-electron chi connectivity index (χ2n) is 8.36. The Morgan fingerprint density at radius 1 is 1.03 bits per heavy atom. The largest absolute Gasteiger partial charge is 0.478 e. The van der Waals surface area contributed by atoms with Gasteiger partial charge in [0.15, 0.2) is 5.11 Å². The number of halogens is 1. The summed E-state index contributed by atoms with van der Waals surface area (Å²) >= 11 is 11.5. The van der Waals surface area contributed by atoms with Crippen molar-refractivity contribution in [2.75, 3.05) is 4.90 Å². The summed E-state index contributed by atoms with van der Waals surface area (Å²) in [7, 11) is 0. The smallest absolute Gasteiger partial charge is 0.335 e. The molecule has 35 heavy (non-hydrogen) atoms. The highest BCUT2D eigenvalue weighted by atomic mass is 35.5. The highest BCUT2D eigenvalue weighted by Gasteiger charge is 2.35. The standard InChI is InChI=1S/C26H22ClN3O4S/c1-13-6-8-19(12-21(13)27)30-24(32)20(23(31)28-26(30)35)10-18-9-15(3)29(16(18)4)22-11-17(25(33)34)7-5-14(22)2/h5-12H,1-4H3,(H,33,34)(H,28,31,35)/b20-10+. The highest BCUT2D eigenvalue weighted by molar-refractivity contribution is 7.80. The van der Waals surface area contributed by atoms with Crippen molar-refractivity contribution >= 4 is 58.5 Å². The second-order valence-corrected chi connectivity index (χ2v) is 9.15. The van der Waals surface area contributed by atoms with Gasteiger partial charge in [-0.2, -0.15) is 0 Å². The number of carbonyl (C=O) groups is 3. The minimum Gasteiger partial charge on any atom is -0.478 e. The molecule has 0 atom stereocenters. The third-order valence-corrected chi connectivity index (χ3v) is 6.67. The maximum atomic E-state index is 13.4. The zero-order valence-corrected chi connectivity index (χ0v) is 21.0. The number of nitrogens with one attached hydrogen (secondary N) is 1. The number of aromatic carboxylic acids is 1. The summed E-state index contributed by atoms with van der Waals surface area (Å²) in [5, 5.41) is 12.4. The van der Waals surface area contributed by atoms with E-state index >= 15 is 0 Å². The fraction of sp³-hybridized carbons (Fsp3) is 0.154. The van der Waals surface area contributed by atoms with Crippen LogP contribution in [0.5, 0.6) is 0 Å². The van der Waals surface area contributed by atoms with Crippen molar-refractivity contribution < 1.29 is 19.5 Å². The maximum Gasteiger partial charge on any atom is 0.335 e. The van der Waals surface area contributed by atoms with Gasteiger partial charge < -0.3 is 9.67 Å². The topological polar surface area (TPSA) is 91.6 Å². The van der Waals surface area contributed by atoms with Gasteiger partial charge in [-0.25, -0.2) is 4.79 Å². The minimum atomic E-state index is -1.02. The molecule has 2 heterocycles. The Hall–Kier alpha value is -3.75. The van der Waals surface area contributed by atoms with Crippen molar-refractivity contribution in [1.29, 1.82) is 0 Å². The molecule has 2 N–H and O–H groups in total. The van der Waals surface area contributed by atoms with E-state index in [4.69, 9.17) is 23.8 Å². The summed E-state index contributed by atoms with van der Waals surface area (Å²) in [6, 6.07) is 11.9. The Balaban J connectivity index is 1.79. The predicted molar refractivity (Wildman–Crippen MR) is 139 cm³/mol. The first-order valence-electron chi connectivity index (χ1n) is 10.7. The number of aromatic nitrogens is 1. The molecule has 2 aromatic carbocycles. The fourth-order valence-corrected chi connectivity index (χ4v) is 4.51. The van der Waals surface area contributed by atoms with E-state index in [1.165, 1.54) is 11.0 Å². The van der Waals surface area contributed by atoms with Crippen LogP contribution in [-0.4, -0.2) is 32.6 Å². The van der Waals surface area contributed by atoms with Crippen LogP contribution < -0.4 is 10.2 Å². The molecule has 178 valence electrons. The first kappa shape index (κ1) is 24.4. The molecular weight excluding hydrogens is 486 g/mol. The zero-order chi connectivity index (χ0) is 25.6. The van der Waals surface area contributed by atoms with Gasteiger partial charge in [-0.15, -0.1) is 0 Å². The average Bonchev–Trinajstić information content (AvgIpc) is 3.06. The molecule has 0 saturated carbocycles. The number of carboxylic acids is 1. The highest BCUT2D eigenvalue weighted by Crippen LogP contribution is 2.29. The minimum absolute atomic E-state index is 0.0244. The molecule has 1 saturated heterocycles. The third-order valence-electron chi connectivity index (χ3n) is 5.98. The molecule has 0 unspecified atom stereocenters. The van der Waals surface area contributed by atoms with Crippen molar-refractivity contribution in [1.82, 2.24) is 9.88 Å². The molecule has 7 nitrogen and oxygen atoms in total. The molecule has 1 aliphatic heterocycles. The molecule has 1 fully saturated rings. The van der Waals surface area contributed by atoms with Crippen molar-refractivity contribution in [3.63, 3.8) is 0 Å². The van der Waals surface area contributed by atoms with Gasteiger partial charge in [-0.1, -0.05) is 23.7 Å². The maximum absolute atomic E-state index is 13.4. The van der Waals surface area contributed by atoms with E-state index in [-0.39, 0.29) is 16.2 Å². The lowest BCUT2D eigenvalue weighted by atomic mass is 10.1. The number of hydrogen-bond donors (Lipinski definition) is 2. The molecule has 2 amide bonds. The molecule has 0 aliphatic carbocycles. The molecule has 1 aliphatic rings. The lowest BCUT2D eigenvalue weighted by Gasteiger charge is -2.29. The van der Waals surface area contributed by atoms with Crippen LogP contribution in [0.3, 0.4) is 0 Å². The van der Waals surface area contributed by atoms with Gasteiger partial charge in [0.25, 0.3) is 11.8 Å². The van der Waals surface area contributed by atoms with Gasteiger partial charge in [0.2, 0.25) is 0 Å². The number of carboxylic acid groups (broad SMARTS) is 1. The van der Waals surface area contributed by atoms with Crippen LogP contribution in [0.4, 0.5) is 5.69 Å². The van der Waals surface area contributed by atoms with Crippen LogP contribution in [0.1, 0.15) is 38.4 Å². The van der Waals surface area contributed by atoms with Gasteiger partial charge in [0, 0.05) is 22.1 Å². The van der Waals surface area contributed by atoms with E-state index in [1.807, 2.05) is 38.3 Å². The van der Waals surface area contributed by atoms with Crippen LogP contribution in [0.15, 0.2) is 48.0 Å². The van der Waals surface area contributed by atoms with Crippen molar-refractivity contribution in [3.05, 3.63) is 86.7 Å². The van der Waals surface area contributed by atoms with Gasteiger partial charge >= 0.3 is 5.97 Å². The lowest BCUT2D eigenvalue weighted by molar-refractivity contribution is -0.122. The van der Waals surface area contributed by atoms with Crippen LogP contribution in [-0.2, 0) is 9.59 Å². The van der Waals surface area contributed by atoms with Gasteiger partial charge in [-0.3, -0.25) is 19.8 Å². The predicted octanol–water partition coefficient (Wildman–Crippen LogP) is 4.89. The number of amides is 2. The Labute approximate surface area is 212 Å². The summed E-state index contributed by atoms with van der Waals surface area (Å²) in [6.07, 6.45) is 1.53. The van der Waals surface area contributed by atoms with E-state index < -0.39 is 17.8 Å². The molecule has 1 aromatic heterocycles. The number of anilines is 1. The van der Waals surface area contributed by atoms with E-state index in [9.17, 15) is 19.5 Å². The number of benzene rings is 2. The van der Waals surface area contributed by atoms with Crippen molar-refractivity contribution in [2.45, 2.75) is 27.7 Å². The quantitative estimate of drug-likeness (QED) is 0.298. The molecule has 0 spiro atoms. The van der Waals surface area contributed by atoms with Crippen LogP contribution in [0, 0.1) is 27.7 Å². The summed E-state index contributed by atoms with van der Waals surface area (Å²) in [5.74, 6) is -2.18. The third kappa shape index (κ3) is 4.38. The molecular formula is C26H22ClN3O4S. The second kappa shape index (κ2) is 9.13. The summed E-state index contributed by atoms with van der Waals surface area (Å²) in [4.78, 5) is 38.9. The zero-order valence-electron chi connectivity index (χ0n) is 19.5. The van der Waals surface area contributed by atoms with Crippen LogP contribution >= 0.6 is 23.8 Å². The molecule has 4 rings (SSSR count). The number of rotatable bonds is 4. The van der Waals surface area contributed by atoms with Crippen molar-refractivity contribution in [2.24, 2.45) is 0 Å². The molecule has 3 aromatic rings. The van der Waals surface area contributed by atoms with Gasteiger partial charge in [0.1, 0.15) is 5.57 Å². The number of thiocarbonyl (C=S) groups is 1. The Kier molecular flexibility index (Phi) is 6.36. The van der Waals surface area contributed by atoms with Gasteiger partial charge in [0.05, 0.1) is 11.3 Å². The number of carbonyl (C=O) groups excluding carboxylic acids is 2. The average molecular weight is 508 g/mol. The summed E-state index contributed by atoms with van der Waals surface area (Å²) < 4.78 is 1.90. The SMILES string of the molecule is Cc1ccc(N2C(=O)/C(=C/c3cc(C)n(-c4cc(C(=O)O)ccc4C)c3C)C(=O)NC2=S)cc1Cl. The lowest BCUT2D eigenvalue weighted by Crippen LogP contribution is -2.54.